The number of hydrogen-bond donors (Lipinski definition) is 3. The number of hydroxylamine groups is 1. The van der Waals surface area contributed by atoms with Crippen LogP contribution in [0.2, 0.25) is 0 Å². The maximum Gasteiger partial charge on any atom is 0.277 e. The van der Waals surface area contributed by atoms with Gasteiger partial charge in [-0.15, -0.1) is 6.42 Å². The molecule has 1 atom stereocenters. The van der Waals surface area contributed by atoms with Crippen LogP contribution < -0.4 is 10.8 Å². The van der Waals surface area contributed by atoms with Crippen molar-refractivity contribution < 1.29 is 14.0 Å². The number of halogens is 1. The van der Waals surface area contributed by atoms with Crippen LogP contribution in [0.3, 0.4) is 0 Å². The Hall–Kier alpha value is -3.11. The molecule has 3 N–H and O–H groups in total. The van der Waals surface area contributed by atoms with Crippen LogP contribution in [0.25, 0.3) is 11.0 Å². The first kappa shape index (κ1) is 18.3. The Kier molecular flexibility index (Phi) is 4.65. The number of allylic oxidation sites excluding steroid dienone is 2. The number of aromatic amines is 1. The molecule has 6 nitrogen and oxygen atoms in total. The van der Waals surface area contributed by atoms with Gasteiger partial charge in [-0.2, -0.15) is 0 Å². The Labute approximate surface area is 162 Å². The van der Waals surface area contributed by atoms with Gasteiger partial charge in [0.25, 0.3) is 5.91 Å². The second-order valence-electron chi connectivity index (χ2n) is 7.48. The van der Waals surface area contributed by atoms with Gasteiger partial charge in [0, 0.05) is 5.57 Å². The summed E-state index contributed by atoms with van der Waals surface area (Å²) in [6.07, 6.45) is 15.2. The van der Waals surface area contributed by atoms with Crippen LogP contribution in [-0.2, 0) is 4.84 Å². The van der Waals surface area contributed by atoms with Crippen molar-refractivity contribution in [1.29, 1.82) is 0 Å². The summed E-state index contributed by atoms with van der Waals surface area (Å²) in [5, 5.41) is 3.17. The lowest BCUT2D eigenvalue weighted by Crippen LogP contribution is -2.35. The summed E-state index contributed by atoms with van der Waals surface area (Å²) >= 11 is 0. The molecule has 0 aliphatic heterocycles. The second kappa shape index (κ2) is 7.13. The molecule has 1 saturated carbocycles. The summed E-state index contributed by atoms with van der Waals surface area (Å²) in [6, 6.07) is 1.57. The van der Waals surface area contributed by atoms with Crippen molar-refractivity contribution in [3.8, 4) is 12.3 Å². The van der Waals surface area contributed by atoms with E-state index in [1.54, 1.807) is 12.1 Å². The van der Waals surface area contributed by atoms with Gasteiger partial charge in [0.15, 0.2) is 5.82 Å². The smallest absolute Gasteiger partial charge is 0.277 e. The quantitative estimate of drug-likeness (QED) is 0.530. The van der Waals surface area contributed by atoms with Crippen LogP contribution >= 0.6 is 0 Å². The number of nitrogens with one attached hydrogen (secondary N) is 3. The number of benzene rings is 1. The lowest BCUT2D eigenvalue weighted by Gasteiger charge is -2.31. The third-order valence-electron chi connectivity index (χ3n) is 5.03. The van der Waals surface area contributed by atoms with Crippen molar-refractivity contribution in [2.75, 3.05) is 11.9 Å². The Morgan fingerprint density at radius 1 is 1.54 bits per heavy atom. The molecule has 28 heavy (non-hydrogen) atoms. The van der Waals surface area contributed by atoms with Gasteiger partial charge in [0.1, 0.15) is 5.52 Å². The van der Waals surface area contributed by atoms with Crippen molar-refractivity contribution in [2.24, 2.45) is 5.92 Å². The minimum Gasteiger partial charge on any atom is -0.373 e. The highest BCUT2D eigenvalue weighted by Gasteiger charge is 2.29. The Balaban J connectivity index is 1.64. The molecule has 0 radical (unpaired) electrons. The first-order chi connectivity index (χ1) is 13.5. The average molecular weight is 380 g/mol. The first-order valence-corrected chi connectivity index (χ1v) is 9.21. The number of amides is 1. The highest BCUT2D eigenvalue weighted by molar-refractivity contribution is 6.03. The van der Waals surface area contributed by atoms with Crippen molar-refractivity contribution >= 4 is 22.6 Å². The van der Waals surface area contributed by atoms with Gasteiger partial charge < -0.3 is 10.3 Å². The molecule has 0 spiro atoms. The molecule has 1 aromatic heterocycles. The number of anilines is 1. The van der Waals surface area contributed by atoms with Gasteiger partial charge >= 0.3 is 0 Å². The Morgan fingerprint density at radius 3 is 3.04 bits per heavy atom. The molecule has 1 amide bonds. The van der Waals surface area contributed by atoms with Crippen molar-refractivity contribution in [2.45, 2.75) is 31.7 Å². The second-order valence-corrected chi connectivity index (χ2v) is 7.48. The fraction of sp³-hybridized carbons (Fsp3) is 0.333. The molecular formula is C21H21FN4O2. The molecule has 7 heteroatoms. The van der Waals surface area contributed by atoms with Crippen LogP contribution in [0, 0.1) is 24.1 Å². The molecular weight excluding hydrogens is 359 g/mol. The summed E-state index contributed by atoms with van der Waals surface area (Å²) in [4.78, 5) is 24.9. The number of hydrogen-bond acceptors (Lipinski definition) is 4. The van der Waals surface area contributed by atoms with Crippen molar-refractivity contribution in [3.63, 3.8) is 0 Å². The molecule has 144 valence electrons. The van der Waals surface area contributed by atoms with E-state index in [1.165, 1.54) is 6.33 Å². The fourth-order valence-corrected chi connectivity index (χ4v) is 3.13. The minimum absolute atomic E-state index is 0.0804. The zero-order chi connectivity index (χ0) is 19.7. The summed E-state index contributed by atoms with van der Waals surface area (Å²) < 4.78 is 15.2. The van der Waals surface area contributed by atoms with Gasteiger partial charge in [-0.1, -0.05) is 18.1 Å². The summed E-state index contributed by atoms with van der Waals surface area (Å²) in [5.74, 6) is 1.97. The first-order valence-electron chi connectivity index (χ1n) is 9.21. The lowest BCUT2D eigenvalue weighted by atomic mass is 9.90. The Bertz CT molecular complexity index is 1030. The fourth-order valence-electron chi connectivity index (χ4n) is 3.13. The molecule has 0 saturated heterocycles. The predicted octanol–water partition coefficient (Wildman–Crippen LogP) is 3.46. The van der Waals surface area contributed by atoms with Crippen LogP contribution in [0.5, 0.6) is 0 Å². The van der Waals surface area contributed by atoms with Crippen LogP contribution in [0.15, 0.2) is 36.2 Å². The molecule has 1 heterocycles. The topological polar surface area (TPSA) is 79.0 Å². The largest absolute Gasteiger partial charge is 0.373 e. The minimum atomic E-state index is -0.602. The molecule has 4 rings (SSSR count). The molecule has 1 aromatic carbocycles. The van der Waals surface area contributed by atoms with E-state index in [0.717, 1.165) is 18.4 Å². The summed E-state index contributed by atoms with van der Waals surface area (Å²) in [7, 11) is 0. The average Bonchev–Trinajstić information content (AvgIpc) is 3.38. The number of carbonyl (C=O) groups excluding carboxylic acids is 1. The summed E-state index contributed by atoms with van der Waals surface area (Å²) in [5.41, 5.74) is 3.43. The van der Waals surface area contributed by atoms with Gasteiger partial charge in [-0.3, -0.25) is 9.63 Å². The van der Waals surface area contributed by atoms with Crippen LogP contribution in [0.1, 0.15) is 36.5 Å². The zero-order valence-electron chi connectivity index (χ0n) is 15.5. The lowest BCUT2D eigenvalue weighted by molar-refractivity contribution is 0.0271. The highest BCUT2D eigenvalue weighted by atomic mass is 19.1. The molecule has 2 aliphatic rings. The van der Waals surface area contributed by atoms with Gasteiger partial charge in [0.2, 0.25) is 0 Å². The van der Waals surface area contributed by atoms with Crippen LogP contribution in [-0.4, -0.2) is 28.0 Å². The molecule has 1 fully saturated rings. The zero-order valence-corrected chi connectivity index (χ0v) is 15.5. The van der Waals surface area contributed by atoms with E-state index >= 15 is 4.39 Å². The predicted molar refractivity (Wildman–Crippen MR) is 105 cm³/mol. The Morgan fingerprint density at radius 2 is 2.36 bits per heavy atom. The number of H-pyrrole nitrogens is 1. The van der Waals surface area contributed by atoms with Crippen LogP contribution in [0.4, 0.5) is 10.1 Å². The number of imidazole rings is 1. The molecule has 2 aliphatic carbocycles. The van der Waals surface area contributed by atoms with Gasteiger partial charge in [-0.05, 0) is 44.2 Å². The number of rotatable bonds is 6. The highest BCUT2D eigenvalue weighted by Crippen LogP contribution is 2.33. The van der Waals surface area contributed by atoms with E-state index in [-0.39, 0.29) is 16.8 Å². The summed E-state index contributed by atoms with van der Waals surface area (Å²) in [6.45, 7) is 2.37. The monoisotopic (exact) mass is 380 g/mol. The number of aromatic nitrogens is 2. The number of fused-ring (bicyclic) bond motifs is 1. The van der Waals surface area contributed by atoms with E-state index in [2.05, 4.69) is 26.7 Å². The molecule has 1 unspecified atom stereocenters. The van der Waals surface area contributed by atoms with Crippen molar-refractivity contribution in [3.05, 3.63) is 47.6 Å². The number of terminal acetylenes is 1. The standard InChI is InChI=1S/C21H21FN4O2/c1-3-13-6-8-21(2,9-7-13)25-18-15(20(27)26-28-11-14-4-5-14)10-16-19(17(18)22)24-12-23-16/h1,6-8,10,12,14,25H,4-5,9,11H2,2H3,(H,23,24)(H,26,27). The number of nitrogens with zero attached hydrogens (tertiary/aromatic N) is 1. The maximum absolute atomic E-state index is 15.2. The van der Waals surface area contributed by atoms with E-state index in [9.17, 15) is 4.79 Å². The van der Waals surface area contributed by atoms with E-state index in [1.807, 2.05) is 19.1 Å². The van der Waals surface area contributed by atoms with Gasteiger partial charge in [0.05, 0.1) is 35.2 Å². The van der Waals surface area contributed by atoms with Crippen molar-refractivity contribution in [1.82, 2.24) is 15.4 Å². The third-order valence-corrected chi connectivity index (χ3v) is 5.03. The van der Waals surface area contributed by atoms with E-state index in [0.29, 0.717) is 24.5 Å². The van der Waals surface area contributed by atoms with E-state index in [4.69, 9.17) is 11.3 Å². The maximum atomic E-state index is 15.2. The number of carbonyl (C=O) groups is 1. The van der Waals surface area contributed by atoms with E-state index < -0.39 is 17.3 Å². The SMILES string of the molecule is C#CC1=CCC(C)(Nc2c(C(=O)NOCC3CC3)cc3[nH]cnc3c2F)C=C1. The molecule has 0 bridgehead atoms. The third kappa shape index (κ3) is 3.64. The normalized spacial score (nSPS) is 21.2. The van der Waals surface area contributed by atoms with Gasteiger partial charge in [-0.25, -0.2) is 14.9 Å². The molecule has 2 aromatic rings.